The molecule has 2 rings (SSSR count). The summed E-state index contributed by atoms with van der Waals surface area (Å²) < 4.78 is 10.9. The van der Waals surface area contributed by atoms with Crippen LogP contribution >= 0.6 is 22.9 Å². The van der Waals surface area contributed by atoms with Crippen molar-refractivity contribution in [1.82, 2.24) is 10.3 Å². The van der Waals surface area contributed by atoms with Crippen molar-refractivity contribution in [2.45, 2.75) is 46.2 Å². The molecule has 1 N–H and O–H groups in total. The molecular formula is C18H25ClN2O2S. The van der Waals surface area contributed by atoms with Gasteiger partial charge in [-0.2, -0.15) is 0 Å². The van der Waals surface area contributed by atoms with Gasteiger partial charge in [0.2, 0.25) is 0 Å². The first-order valence-corrected chi connectivity index (χ1v) is 9.25. The Labute approximate surface area is 153 Å². The molecule has 0 saturated carbocycles. The van der Waals surface area contributed by atoms with Crippen LogP contribution in [0.2, 0.25) is 5.02 Å². The van der Waals surface area contributed by atoms with E-state index in [1.165, 1.54) is 0 Å². The first kappa shape index (κ1) is 19.0. The van der Waals surface area contributed by atoms with Gasteiger partial charge in [0.1, 0.15) is 0 Å². The zero-order valence-corrected chi connectivity index (χ0v) is 16.5. The summed E-state index contributed by atoms with van der Waals surface area (Å²) in [5, 5.41) is 7.24. The lowest BCUT2D eigenvalue weighted by atomic mass is 9.98. The Bertz CT molecular complexity index is 680. The molecule has 0 amide bonds. The maximum atomic E-state index is 6.30. The van der Waals surface area contributed by atoms with Crippen molar-refractivity contribution in [2.24, 2.45) is 0 Å². The lowest BCUT2D eigenvalue weighted by molar-refractivity contribution is 0.311. The van der Waals surface area contributed by atoms with Crippen LogP contribution in [0.25, 0.3) is 0 Å². The standard InChI is InChI=1S/C18H25ClN2O2S/c1-6-23-16-14(19)7-12(8-15(16)22-5)9-20-10-13-11-24-17(21-13)18(2,3)4/h7-8,11,20H,6,9-10H2,1-5H3. The van der Waals surface area contributed by atoms with Crippen molar-refractivity contribution in [3.05, 3.63) is 38.8 Å². The second-order valence-corrected chi connectivity index (χ2v) is 7.80. The third-order valence-electron chi connectivity index (χ3n) is 3.41. The molecule has 0 aliphatic rings. The van der Waals surface area contributed by atoms with Gasteiger partial charge >= 0.3 is 0 Å². The molecule has 0 spiro atoms. The molecule has 0 aliphatic carbocycles. The Morgan fingerprint density at radius 3 is 2.58 bits per heavy atom. The number of nitrogens with zero attached hydrogens (tertiary/aromatic N) is 1. The van der Waals surface area contributed by atoms with Crippen LogP contribution < -0.4 is 14.8 Å². The van der Waals surface area contributed by atoms with Gasteiger partial charge < -0.3 is 14.8 Å². The van der Waals surface area contributed by atoms with Crippen LogP contribution in [0.15, 0.2) is 17.5 Å². The highest BCUT2D eigenvalue weighted by atomic mass is 35.5. The number of rotatable bonds is 7. The van der Waals surface area contributed by atoms with Gasteiger partial charge in [0.05, 0.1) is 29.4 Å². The van der Waals surface area contributed by atoms with Gasteiger partial charge in [-0.3, -0.25) is 0 Å². The Kier molecular flexibility index (Phi) is 6.49. The summed E-state index contributed by atoms with van der Waals surface area (Å²) in [7, 11) is 1.62. The van der Waals surface area contributed by atoms with Gasteiger partial charge in [0.15, 0.2) is 11.5 Å². The molecule has 0 atom stereocenters. The summed E-state index contributed by atoms with van der Waals surface area (Å²) >= 11 is 8.01. The monoisotopic (exact) mass is 368 g/mol. The van der Waals surface area contributed by atoms with E-state index in [4.69, 9.17) is 21.1 Å². The quantitative estimate of drug-likeness (QED) is 0.762. The fraction of sp³-hybridized carbons (Fsp3) is 0.500. The molecule has 0 bridgehead atoms. The van der Waals surface area contributed by atoms with E-state index in [-0.39, 0.29) is 5.41 Å². The summed E-state index contributed by atoms with van der Waals surface area (Å²) in [5.74, 6) is 1.25. The molecule has 132 valence electrons. The van der Waals surface area contributed by atoms with Crippen LogP contribution in [-0.4, -0.2) is 18.7 Å². The van der Waals surface area contributed by atoms with Crippen molar-refractivity contribution >= 4 is 22.9 Å². The summed E-state index contributed by atoms with van der Waals surface area (Å²) in [5.41, 5.74) is 2.21. The average molecular weight is 369 g/mol. The Morgan fingerprint density at radius 1 is 1.25 bits per heavy atom. The zero-order chi connectivity index (χ0) is 17.7. The van der Waals surface area contributed by atoms with E-state index in [9.17, 15) is 0 Å². The third kappa shape index (κ3) is 4.85. The lowest BCUT2D eigenvalue weighted by Crippen LogP contribution is -2.15. The van der Waals surface area contributed by atoms with Crippen molar-refractivity contribution in [3.63, 3.8) is 0 Å². The molecule has 0 aliphatic heterocycles. The number of halogens is 1. The number of nitrogens with one attached hydrogen (secondary N) is 1. The topological polar surface area (TPSA) is 43.4 Å². The number of thiazole rings is 1. The second kappa shape index (κ2) is 8.19. The zero-order valence-electron chi connectivity index (χ0n) is 14.9. The van der Waals surface area contributed by atoms with Crippen LogP contribution in [0.5, 0.6) is 11.5 Å². The molecule has 1 heterocycles. The average Bonchev–Trinajstić information content (AvgIpc) is 2.99. The highest BCUT2D eigenvalue weighted by Crippen LogP contribution is 2.36. The predicted molar refractivity (Wildman–Crippen MR) is 101 cm³/mol. The van der Waals surface area contributed by atoms with E-state index in [0.29, 0.717) is 29.7 Å². The molecule has 1 aromatic heterocycles. The second-order valence-electron chi connectivity index (χ2n) is 6.54. The number of benzene rings is 1. The molecule has 0 fully saturated rings. The minimum Gasteiger partial charge on any atom is -0.493 e. The molecule has 0 saturated heterocycles. The summed E-state index contributed by atoms with van der Waals surface area (Å²) in [6.45, 7) is 10.4. The van der Waals surface area contributed by atoms with Crippen LogP contribution in [0, 0.1) is 0 Å². The van der Waals surface area contributed by atoms with Crippen LogP contribution in [0.3, 0.4) is 0 Å². The van der Waals surface area contributed by atoms with Gasteiger partial charge in [-0.25, -0.2) is 4.98 Å². The minimum atomic E-state index is 0.0961. The number of hydrogen-bond donors (Lipinski definition) is 1. The normalized spacial score (nSPS) is 11.6. The van der Waals surface area contributed by atoms with Crippen LogP contribution in [0.1, 0.15) is 44.0 Å². The van der Waals surface area contributed by atoms with Crippen molar-refractivity contribution in [1.29, 1.82) is 0 Å². The summed E-state index contributed by atoms with van der Waals surface area (Å²) in [4.78, 5) is 4.69. The van der Waals surface area contributed by atoms with Crippen molar-refractivity contribution in [2.75, 3.05) is 13.7 Å². The van der Waals surface area contributed by atoms with E-state index in [2.05, 4.69) is 36.5 Å². The predicted octanol–water partition coefficient (Wildman–Crippen LogP) is 4.79. The molecule has 2 aromatic rings. The smallest absolute Gasteiger partial charge is 0.179 e. The van der Waals surface area contributed by atoms with Crippen molar-refractivity contribution < 1.29 is 9.47 Å². The number of aromatic nitrogens is 1. The fourth-order valence-electron chi connectivity index (χ4n) is 2.23. The van der Waals surface area contributed by atoms with Gasteiger partial charge in [0.25, 0.3) is 0 Å². The fourth-order valence-corrected chi connectivity index (χ4v) is 3.42. The summed E-state index contributed by atoms with van der Waals surface area (Å²) in [6, 6.07) is 3.86. The lowest BCUT2D eigenvalue weighted by Gasteiger charge is -2.14. The van der Waals surface area contributed by atoms with Crippen molar-refractivity contribution in [3.8, 4) is 11.5 Å². The molecule has 4 nitrogen and oxygen atoms in total. The molecule has 1 aromatic carbocycles. The minimum absolute atomic E-state index is 0.0961. The van der Waals surface area contributed by atoms with Gasteiger partial charge in [-0.1, -0.05) is 32.4 Å². The number of hydrogen-bond acceptors (Lipinski definition) is 5. The molecule has 0 radical (unpaired) electrons. The van der Waals surface area contributed by atoms with E-state index in [0.717, 1.165) is 22.8 Å². The third-order valence-corrected chi connectivity index (χ3v) is 5.00. The molecule has 24 heavy (non-hydrogen) atoms. The van der Waals surface area contributed by atoms with Crippen LogP contribution in [0.4, 0.5) is 0 Å². The first-order valence-electron chi connectivity index (χ1n) is 8.00. The van der Waals surface area contributed by atoms with E-state index in [1.54, 1.807) is 18.4 Å². The first-order chi connectivity index (χ1) is 11.3. The van der Waals surface area contributed by atoms with Gasteiger partial charge in [0, 0.05) is 23.9 Å². The molecule has 6 heteroatoms. The van der Waals surface area contributed by atoms with Gasteiger partial charge in [-0.15, -0.1) is 11.3 Å². The highest BCUT2D eigenvalue weighted by Gasteiger charge is 2.17. The maximum absolute atomic E-state index is 6.30. The van der Waals surface area contributed by atoms with E-state index in [1.807, 2.05) is 19.1 Å². The van der Waals surface area contributed by atoms with E-state index >= 15 is 0 Å². The summed E-state index contributed by atoms with van der Waals surface area (Å²) in [6.07, 6.45) is 0. The number of methoxy groups -OCH3 is 1. The van der Waals surface area contributed by atoms with Gasteiger partial charge in [-0.05, 0) is 24.6 Å². The Hall–Kier alpha value is -1.30. The molecular weight excluding hydrogens is 344 g/mol. The number of ether oxygens (including phenoxy) is 2. The Balaban J connectivity index is 1.99. The van der Waals surface area contributed by atoms with Crippen LogP contribution in [-0.2, 0) is 18.5 Å². The molecule has 0 unspecified atom stereocenters. The maximum Gasteiger partial charge on any atom is 0.179 e. The highest BCUT2D eigenvalue weighted by molar-refractivity contribution is 7.09. The Morgan fingerprint density at radius 2 is 2.00 bits per heavy atom. The SMILES string of the molecule is CCOc1c(Cl)cc(CNCc2csc(C(C)(C)C)n2)cc1OC. The largest absolute Gasteiger partial charge is 0.493 e. The van der Waals surface area contributed by atoms with E-state index < -0.39 is 0 Å².